The average Bonchev–Trinajstić information content (AvgIpc) is 2.84. The Morgan fingerprint density at radius 3 is 2.78 bits per heavy atom. The molecule has 0 bridgehead atoms. The summed E-state index contributed by atoms with van der Waals surface area (Å²) in [7, 11) is 0. The zero-order chi connectivity index (χ0) is 18.8. The Hall–Kier alpha value is -1.89. The molecule has 2 saturated heterocycles. The monoisotopic (exact) mass is 388 g/mol. The molecule has 2 aliphatic heterocycles. The number of hydrogen-bond acceptors (Lipinski definition) is 6. The molecule has 2 aromatic rings. The number of aryl methyl sites for hydroxylation is 1. The molecule has 144 valence electrons. The molecule has 4 rings (SSSR count). The molecular formula is C20H25ClN4O2. The summed E-state index contributed by atoms with van der Waals surface area (Å²) < 4.78 is 11.2. The van der Waals surface area contributed by atoms with Gasteiger partial charge in [0.1, 0.15) is 5.82 Å². The van der Waals surface area contributed by atoms with Gasteiger partial charge in [0.15, 0.2) is 0 Å². The smallest absolute Gasteiger partial charge is 0.222 e. The quantitative estimate of drug-likeness (QED) is 0.867. The van der Waals surface area contributed by atoms with Crippen LogP contribution in [0.3, 0.4) is 0 Å². The molecule has 0 radical (unpaired) electrons. The maximum Gasteiger partial charge on any atom is 0.222 e. The largest absolute Gasteiger partial charge is 0.381 e. The number of aromatic nitrogens is 2. The third-order valence-electron chi connectivity index (χ3n) is 5.14. The second-order valence-corrected chi connectivity index (χ2v) is 7.73. The number of nitrogens with zero attached hydrogens (tertiary/aromatic N) is 3. The lowest BCUT2D eigenvalue weighted by molar-refractivity contribution is -0.0312. The van der Waals surface area contributed by atoms with Gasteiger partial charge in [-0.05, 0) is 37.0 Å². The SMILES string of the molecule is Cc1cc(N2CCCOC[C@@H]2c2cc(CC3COC3)ccc2Cl)nc(N)n1. The minimum Gasteiger partial charge on any atom is -0.381 e. The van der Waals surface area contributed by atoms with E-state index in [-0.39, 0.29) is 6.04 Å². The maximum atomic E-state index is 6.62. The molecule has 0 saturated carbocycles. The number of rotatable bonds is 4. The van der Waals surface area contributed by atoms with Crippen molar-refractivity contribution >= 4 is 23.4 Å². The van der Waals surface area contributed by atoms with Crippen LogP contribution < -0.4 is 10.6 Å². The number of ether oxygens (including phenoxy) is 2. The van der Waals surface area contributed by atoms with E-state index in [1.807, 2.05) is 19.1 Å². The molecule has 1 aromatic carbocycles. The van der Waals surface area contributed by atoms with E-state index in [2.05, 4.69) is 27.0 Å². The fourth-order valence-corrected chi connectivity index (χ4v) is 3.99. The van der Waals surface area contributed by atoms with Crippen LogP contribution in [0.5, 0.6) is 0 Å². The number of benzene rings is 1. The molecule has 7 heteroatoms. The van der Waals surface area contributed by atoms with Gasteiger partial charge in [-0.25, -0.2) is 4.98 Å². The summed E-state index contributed by atoms with van der Waals surface area (Å²) in [5.74, 6) is 1.72. The highest BCUT2D eigenvalue weighted by atomic mass is 35.5. The molecule has 2 N–H and O–H groups in total. The Bertz CT molecular complexity index is 792. The zero-order valence-corrected chi connectivity index (χ0v) is 16.3. The summed E-state index contributed by atoms with van der Waals surface area (Å²) in [6.45, 7) is 5.74. The van der Waals surface area contributed by atoms with E-state index < -0.39 is 0 Å². The standard InChI is InChI=1S/C20H25ClN4O2/c1-13-7-19(24-20(22)23-13)25-5-2-6-26-12-18(25)16-9-14(3-4-17(16)21)8-15-10-27-11-15/h3-4,7,9,15,18H,2,5-6,8,10-12H2,1H3,(H2,22,23,24)/t18-/m1/s1. The topological polar surface area (TPSA) is 73.5 Å². The summed E-state index contributed by atoms with van der Waals surface area (Å²) in [5.41, 5.74) is 9.11. The van der Waals surface area contributed by atoms with Crippen LogP contribution in [0.4, 0.5) is 11.8 Å². The lowest BCUT2D eigenvalue weighted by atomic mass is 9.95. The molecule has 3 heterocycles. The van der Waals surface area contributed by atoms with E-state index in [1.54, 1.807) is 0 Å². The number of nitrogens with two attached hydrogens (primary N) is 1. The van der Waals surface area contributed by atoms with Crippen molar-refractivity contribution in [3.05, 3.63) is 46.1 Å². The molecule has 0 aliphatic carbocycles. The van der Waals surface area contributed by atoms with E-state index in [4.69, 9.17) is 26.8 Å². The van der Waals surface area contributed by atoms with Gasteiger partial charge in [-0.2, -0.15) is 4.98 Å². The highest BCUT2D eigenvalue weighted by molar-refractivity contribution is 6.31. The predicted octanol–water partition coefficient (Wildman–Crippen LogP) is 3.18. The first-order valence-electron chi connectivity index (χ1n) is 9.42. The van der Waals surface area contributed by atoms with Gasteiger partial charge < -0.3 is 20.1 Å². The fraction of sp³-hybridized carbons (Fsp3) is 0.500. The summed E-state index contributed by atoms with van der Waals surface area (Å²) in [6.07, 6.45) is 1.94. The lowest BCUT2D eigenvalue weighted by Crippen LogP contribution is -2.32. The third-order valence-corrected chi connectivity index (χ3v) is 5.49. The average molecular weight is 389 g/mol. The van der Waals surface area contributed by atoms with Gasteiger partial charge in [0.05, 0.1) is 25.9 Å². The highest BCUT2D eigenvalue weighted by Crippen LogP contribution is 2.34. The first-order valence-corrected chi connectivity index (χ1v) is 9.79. The Labute approximate surface area is 164 Å². The summed E-state index contributed by atoms with van der Waals surface area (Å²) >= 11 is 6.62. The molecule has 6 nitrogen and oxygen atoms in total. The van der Waals surface area contributed by atoms with Crippen LogP contribution in [0.25, 0.3) is 0 Å². The van der Waals surface area contributed by atoms with Gasteiger partial charge in [-0.15, -0.1) is 0 Å². The van der Waals surface area contributed by atoms with Crippen LogP contribution in [0.1, 0.15) is 29.3 Å². The van der Waals surface area contributed by atoms with Gasteiger partial charge >= 0.3 is 0 Å². The van der Waals surface area contributed by atoms with Crippen molar-refractivity contribution in [3.63, 3.8) is 0 Å². The van der Waals surface area contributed by atoms with E-state index >= 15 is 0 Å². The van der Waals surface area contributed by atoms with Gasteiger partial charge in [-0.3, -0.25) is 0 Å². The summed E-state index contributed by atoms with van der Waals surface area (Å²) in [5, 5.41) is 0.753. The number of anilines is 2. The number of halogens is 1. The van der Waals surface area contributed by atoms with Crippen molar-refractivity contribution in [2.75, 3.05) is 43.6 Å². The minimum absolute atomic E-state index is 0.00806. The van der Waals surface area contributed by atoms with E-state index in [9.17, 15) is 0 Å². The zero-order valence-electron chi connectivity index (χ0n) is 15.5. The third kappa shape index (κ3) is 4.18. The van der Waals surface area contributed by atoms with Crippen LogP contribution in [-0.2, 0) is 15.9 Å². The van der Waals surface area contributed by atoms with Crippen molar-refractivity contribution < 1.29 is 9.47 Å². The minimum atomic E-state index is -0.00806. The highest BCUT2D eigenvalue weighted by Gasteiger charge is 2.28. The van der Waals surface area contributed by atoms with Gasteiger partial charge in [0.25, 0.3) is 0 Å². The van der Waals surface area contributed by atoms with Crippen LogP contribution in [0.2, 0.25) is 5.02 Å². The van der Waals surface area contributed by atoms with E-state index in [0.29, 0.717) is 18.5 Å². The Kier molecular flexibility index (Phi) is 5.48. The van der Waals surface area contributed by atoms with Crippen molar-refractivity contribution in [1.82, 2.24) is 9.97 Å². The second kappa shape index (κ2) is 8.00. The maximum absolute atomic E-state index is 6.62. The molecule has 1 atom stereocenters. The molecule has 0 spiro atoms. The number of nitrogen functional groups attached to an aromatic ring is 1. The van der Waals surface area contributed by atoms with Crippen molar-refractivity contribution in [2.45, 2.75) is 25.8 Å². The molecule has 0 amide bonds. The van der Waals surface area contributed by atoms with Crippen molar-refractivity contribution in [2.24, 2.45) is 5.92 Å². The van der Waals surface area contributed by atoms with Gasteiger partial charge in [0.2, 0.25) is 5.95 Å². The molecule has 2 aliphatic rings. The van der Waals surface area contributed by atoms with Crippen LogP contribution in [-0.4, -0.2) is 42.9 Å². The molecule has 0 unspecified atom stereocenters. The predicted molar refractivity (Wildman–Crippen MR) is 106 cm³/mol. The molecule has 1 aromatic heterocycles. The fourth-order valence-electron chi connectivity index (χ4n) is 3.74. The molecule has 27 heavy (non-hydrogen) atoms. The molecule has 2 fully saturated rings. The van der Waals surface area contributed by atoms with Crippen molar-refractivity contribution in [1.29, 1.82) is 0 Å². The van der Waals surface area contributed by atoms with Gasteiger partial charge in [-0.1, -0.05) is 23.7 Å². The Morgan fingerprint density at radius 1 is 1.19 bits per heavy atom. The van der Waals surface area contributed by atoms with E-state index in [0.717, 1.165) is 61.3 Å². The second-order valence-electron chi connectivity index (χ2n) is 7.33. The van der Waals surface area contributed by atoms with Crippen LogP contribution in [0.15, 0.2) is 24.3 Å². The normalized spacial score (nSPS) is 21.0. The number of hydrogen-bond donors (Lipinski definition) is 1. The van der Waals surface area contributed by atoms with Gasteiger partial charge in [0, 0.05) is 35.9 Å². The lowest BCUT2D eigenvalue weighted by Gasteiger charge is -2.32. The van der Waals surface area contributed by atoms with Crippen LogP contribution in [0, 0.1) is 12.8 Å². The molecular weight excluding hydrogens is 364 g/mol. The van der Waals surface area contributed by atoms with Crippen molar-refractivity contribution in [3.8, 4) is 0 Å². The summed E-state index contributed by atoms with van der Waals surface area (Å²) in [4.78, 5) is 10.9. The Balaban J connectivity index is 1.68. The summed E-state index contributed by atoms with van der Waals surface area (Å²) in [6, 6.07) is 8.28. The first kappa shape index (κ1) is 18.5. The first-order chi connectivity index (χ1) is 13.1. The van der Waals surface area contributed by atoms with Crippen LogP contribution >= 0.6 is 11.6 Å². The van der Waals surface area contributed by atoms with E-state index in [1.165, 1.54) is 5.56 Å². The Morgan fingerprint density at radius 2 is 2.04 bits per heavy atom.